The number of carbonyl (C=O) groups excluding carboxylic acids is 1. The Morgan fingerprint density at radius 1 is 1.32 bits per heavy atom. The van der Waals surface area contributed by atoms with Gasteiger partial charge in [0, 0.05) is 13.2 Å². The third-order valence-corrected chi connectivity index (χ3v) is 3.37. The topological polar surface area (TPSA) is 73.3 Å². The number of aromatic nitrogens is 2. The second-order valence-corrected chi connectivity index (χ2v) is 4.66. The summed E-state index contributed by atoms with van der Waals surface area (Å²) in [5, 5.41) is 11.1. The van der Waals surface area contributed by atoms with E-state index in [4.69, 9.17) is 4.74 Å². The molecule has 1 fully saturated rings. The third kappa shape index (κ3) is 3.64. The highest BCUT2D eigenvalue weighted by Crippen LogP contribution is 2.23. The van der Waals surface area contributed by atoms with E-state index in [1.54, 1.807) is 19.2 Å². The summed E-state index contributed by atoms with van der Waals surface area (Å²) in [5.74, 6) is 0.200. The lowest BCUT2D eigenvalue weighted by Gasteiger charge is -2.28. The van der Waals surface area contributed by atoms with Gasteiger partial charge in [-0.1, -0.05) is 0 Å². The number of rotatable bonds is 4. The molecule has 1 heterocycles. The van der Waals surface area contributed by atoms with E-state index >= 15 is 0 Å². The Hall–Kier alpha value is -1.69. The molecule has 1 aliphatic rings. The third-order valence-electron chi connectivity index (χ3n) is 3.37. The van der Waals surface area contributed by atoms with E-state index in [2.05, 4.69) is 20.3 Å². The molecule has 1 aromatic rings. The fourth-order valence-corrected chi connectivity index (χ4v) is 2.32. The Bertz CT molecular complexity index is 422. The van der Waals surface area contributed by atoms with Crippen LogP contribution in [0.25, 0.3) is 0 Å². The van der Waals surface area contributed by atoms with Crippen molar-refractivity contribution in [1.82, 2.24) is 10.2 Å². The molecule has 19 heavy (non-hydrogen) atoms. The van der Waals surface area contributed by atoms with E-state index < -0.39 is 5.97 Å². The molecule has 0 radical (unpaired) electrons. The van der Waals surface area contributed by atoms with E-state index in [0.29, 0.717) is 18.0 Å². The summed E-state index contributed by atoms with van der Waals surface area (Å²) < 4.78 is 9.96. The van der Waals surface area contributed by atoms with Crippen LogP contribution in [-0.4, -0.2) is 42.5 Å². The van der Waals surface area contributed by atoms with Gasteiger partial charge in [-0.25, -0.2) is 4.79 Å². The van der Waals surface area contributed by atoms with Gasteiger partial charge in [0.2, 0.25) is 0 Å². The smallest absolute Gasteiger partial charge is 0.358 e. The Balaban J connectivity index is 1.94. The predicted molar refractivity (Wildman–Crippen MR) is 70.0 cm³/mol. The van der Waals surface area contributed by atoms with Crippen molar-refractivity contribution in [3.05, 3.63) is 17.8 Å². The highest BCUT2D eigenvalue weighted by molar-refractivity contribution is 5.86. The molecule has 1 saturated carbocycles. The maximum atomic E-state index is 11.2. The average Bonchev–Trinajstić information content (AvgIpc) is 2.47. The van der Waals surface area contributed by atoms with Crippen molar-refractivity contribution in [1.29, 1.82) is 0 Å². The van der Waals surface area contributed by atoms with Gasteiger partial charge in [0.25, 0.3) is 0 Å². The molecule has 104 valence electrons. The van der Waals surface area contributed by atoms with Gasteiger partial charge in [0.05, 0.1) is 13.2 Å². The molecule has 2 unspecified atom stereocenters. The zero-order valence-electron chi connectivity index (χ0n) is 11.3. The van der Waals surface area contributed by atoms with Crippen molar-refractivity contribution >= 4 is 11.8 Å². The van der Waals surface area contributed by atoms with Crippen LogP contribution in [0.15, 0.2) is 12.1 Å². The molecule has 0 amide bonds. The Kier molecular flexibility index (Phi) is 4.68. The molecule has 1 aliphatic carbocycles. The molecule has 2 rings (SSSR count). The maximum Gasteiger partial charge on any atom is 0.358 e. The van der Waals surface area contributed by atoms with Gasteiger partial charge in [-0.05, 0) is 37.8 Å². The van der Waals surface area contributed by atoms with Crippen LogP contribution in [0.1, 0.15) is 36.2 Å². The molecule has 0 aliphatic heterocycles. The highest BCUT2D eigenvalue weighted by Gasteiger charge is 2.21. The first-order valence-corrected chi connectivity index (χ1v) is 6.44. The summed E-state index contributed by atoms with van der Waals surface area (Å²) in [6.45, 7) is 0. The van der Waals surface area contributed by atoms with Crippen molar-refractivity contribution in [2.24, 2.45) is 0 Å². The molecule has 2 atom stereocenters. The summed E-state index contributed by atoms with van der Waals surface area (Å²) in [6, 6.07) is 3.70. The molecule has 1 aromatic heterocycles. The SMILES string of the molecule is COC(=O)c1ccc(NC2CCCC(OC)C2)nn1. The first kappa shape index (κ1) is 13.7. The van der Waals surface area contributed by atoms with E-state index in [9.17, 15) is 4.79 Å². The molecule has 1 N–H and O–H groups in total. The monoisotopic (exact) mass is 265 g/mol. The van der Waals surface area contributed by atoms with Crippen LogP contribution in [0.2, 0.25) is 0 Å². The summed E-state index contributed by atoms with van der Waals surface area (Å²) in [7, 11) is 3.07. The fourth-order valence-electron chi connectivity index (χ4n) is 2.32. The number of esters is 1. The number of anilines is 1. The van der Waals surface area contributed by atoms with Crippen molar-refractivity contribution in [3.63, 3.8) is 0 Å². The van der Waals surface area contributed by atoms with Crippen LogP contribution in [0.4, 0.5) is 5.82 Å². The molecule has 0 bridgehead atoms. The van der Waals surface area contributed by atoms with Crippen molar-refractivity contribution < 1.29 is 14.3 Å². The first-order chi connectivity index (χ1) is 9.22. The zero-order valence-corrected chi connectivity index (χ0v) is 11.3. The van der Waals surface area contributed by atoms with Crippen LogP contribution < -0.4 is 5.32 Å². The van der Waals surface area contributed by atoms with E-state index in [0.717, 1.165) is 25.7 Å². The Labute approximate surface area is 112 Å². The number of methoxy groups -OCH3 is 2. The standard InChI is InChI=1S/C13H19N3O3/c1-18-10-5-3-4-9(8-10)14-12-7-6-11(15-16-12)13(17)19-2/h6-7,9-10H,3-5,8H2,1-2H3,(H,14,16). The lowest BCUT2D eigenvalue weighted by molar-refractivity contribution is 0.0593. The summed E-state index contributed by atoms with van der Waals surface area (Å²) in [6.07, 6.45) is 4.64. The molecule has 0 saturated heterocycles. The minimum atomic E-state index is -0.476. The first-order valence-electron chi connectivity index (χ1n) is 6.44. The van der Waals surface area contributed by atoms with Crippen LogP contribution in [0.3, 0.4) is 0 Å². The average molecular weight is 265 g/mol. The molecule has 0 spiro atoms. The second kappa shape index (κ2) is 6.47. The van der Waals surface area contributed by atoms with Crippen LogP contribution >= 0.6 is 0 Å². The van der Waals surface area contributed by atoms with E-state index in [1.165, 1.54) is 7.11 Å². The second-order valence-electron chi connectivity index (χ2n) is 4.66. The van der Waals surface area contributed by atoms with Gasteiger partial charge in [-0.2, -0.15) is 0 Å². The number of hydrogen-bond donors (Lipinski definition) is 1. The zero-order chi connectivity index (χ0) is 13.7. The van der Waals surface area contributed by atoms with Gasteiger partial charge in [-0.15, -0.1) is 10.2 Å². The lowest BCUT2D eigenvalue weighted by atomic mass is 9.93. The minimum Gasteiger partial charge on any atom is -0.464 e. The quantitative estimate of drug-likeness (QED) is 0.834. The van der Waals surface area contributed by atoms with E-state index in [-0.39, 0.29) is 5.69 Å². The predicted octanol–water partition coefficient (Wildman–Crippen LogP) is 1.63. The lowest BCUT2D eigenvalue weighted by Crippen LogP contribution is -2.31. The van der Waals surface area contributed by atoms with Gasteiger partial charge >= 0.3 is 5.97 Å². The van der Waals surface area contributed by atoms with Gasteiger partial charge in [-0.3, -0.25) is 0 Å². The van der Waals surface area contributed by atoms with Crippen LogP contribution in [-0.2, 0) is 9.47 Å². The largest absolute Gasteiger partial charge is 0.464 e. The van der Waals surface area contributed by atoms with Crippen LogP contribution in [0, 0.1) is 0 Å². The number of nitrogens with zero attached hydrogens (tertiary/aromatic N) is 2. The van der Waals surface area contributed by atoms with Gasteiger partial charge in [0.1, 0.15) is 5.82 Å². The normalized spacial score (nSPS) is 22.8. The number of nitrogens with one attached hydrogen (secondary N) is 1. The Morgan fingerprint density at radius 3 is 2.79 bits per heavy atom. The fraction of sp³-hybridized carbons (Fsp3) is 0.615. The van der Waals surface area contributed by atoms with Gasteiger partial charge in [0.15, 0.2) is 5.69 Å². The van der Waals surface area contributed by atoms with Crippen molar-refractivity contribution in [3.8, 4) is 0 Å². The van der Waals surface area contributed by atoms with Crippen molar-refractivity contribution in [2.45, 2.75) is 37.8 Å². The molecular weight excluding hydrogens is 246 g/mol. The van der Waals surface area contributed by atoms with Gasteiger partial charge < -0.3 is 14.8 Å². The number of carbonyl (C=O) groups is 1. The number of ether oxygens (including phenoxy) is 2. The van der Waals surface area contributed by atoms with Crippen LogP contribution in [0.5, 0.6) is 0 Å². The molecule has 6 nitrogen and oxygen atoms in total. The Morgan fingerprint density at radius 2 is 2.16 bits per heavy atom. The van der Waals surface area contributed by atoms with Crippen molar-refractivity contribution in [2.75, 3.05) is 19.5 Å². The highest BCUT2D eigenvalue weighted by atomic mass is 16.5. The molecular formula is C13H19N3O3. The maximum absolute atomic E-state index is 11.2. The van der Waals surface area contributed by atoms with E-state index in [1.807, 2.05) is 0 Å². The minimum absolute atomic E-state index is 0.214. The number of hydrogen-bond acceptors (Lipinski definition) is 6. The summed E-state index contributed by atoms with van der Waals surface area (Å²) in [4.78, 5) is 11.2. The summed E-state index contributed by atoms with van der Waals surface area (Å²) >= 11 is 0. The molecule has 6 heteroatoms. The molecule has 0 aromatic carbocycles. The summed E-state index contributed by atoms with van der Waals surface area (Å²) in [5.41, 5.74) is 0.214.